The molecule has 0 heterocycles. The molecule has 21 heavy (non-hydrogen) atoms. The lowest BCUT2D eigenvalue weighted by Gasteiger charge is -2.11. The molecule has 0 saturated heterocycles. The summed E-state index contributed by atoms with van der Waals surface area (Å²) in [6, 6.07) is 8.74. The maximum Gasteiger partial charge on any atom is 0.265 e. The SMILES string of the molecule is NNC(=O)c1cc(Cl)c(OCc2cccc(F)c2)c(Cl)c1. The summed E-state index contributed by atoms with van der Waals surface area (Å²) >= 11 is 12.1. The van der Waals surface area contributed by atoms with Gasteiger partial charge in [-0.05, 0) is 29.8 Å². The lowest BCUT2D eigenvalue weighted by molar-refractivity contribution is 0.0953. The number of ether oxygens (including phenoxy) is 1. The molecule has 0 unspecified atom stereocenters. The van der Waals surface area contributed by atoms with E-state index in [4.69, 9.17) is 33.8 Å². The molecule has 0 radical (unpaired) electrons. The van der Waals surface area contributed by atoms with Crippen molar-refractivity contribution in [2.24, 2.45) is 5.84 Å². The molecule has 7 heteroatoms. The van der Waals surface area contributed by atoms with Gasteiger partial charge in [0.2, 0.25) is 0 Å². The molecule has 0 spiro atoms. The summed E-state index contributed by atoms with van der Waals surface area (Å²) in [5.41, 5.74) is 2.82. The molecule has 1 amide bonds. The van der Waals surface area contributed by atoms with Crippen molar-refractivity contribution in [2.75, 3.05) is 0 Å². The average Bonchev–Trinajstić information content (AvgIpc) is 2.45. The van der Waals surface area contributed by atoms with Gasteiger partial charge in [0.25, 0.3) is 5.91 Å². The van der Waals surface area contributed by atoms with Crippen LogP contribution in [0.4, 0.5) is 4.39 Å². The molecule has 0 fully saturated rings. The fraction of sp³-hybridized carbons (Fsp3) is 0.0714. The van der Waals surface area contributed by atoms with E-state index in [0.29, 0.717) is 5.56 Å². The smallest absolute Gasteiger partial charge is 0.265 e. The van der Waals surface area contributed by atoms with Gasteiger partial charge in [0.05, 0.1) is 10.0 Å². The van der Waals surface area contributed by atoms with Crippen LogP contribution in [-0.4, -0.2) is 5.91 Å². The quantitative estimate of drug-likeness (QED) is 0.514. The van der Waals surface area contributed by atoms with Gasteiger partial charge >= 0.3 is 0 Å². The van der Waals surface area contributed by atoms with Crippen molar-refractivity contribution in [1.29, 1.82) is 0 Å². The Labute approximate surface area is 130 Å². The third-order valence-corrected chi connectivity index (χ3v) is 3.23. The molecule has 0 aromatic heterocycles. The van der Waals surface area contributed by atoms with Crippen molar-refractivity contribution in [3.05, 3.63) is 63.4 Å². The van der Waals surface area contributed by atoms with E-state index in [1.54, 1.807) is 12.1 Å². The van der Waals surface area contributed by atoms with E-state index < -0.39 is 5.91 Å². The van der Waals surface area contributed by atoms with Crippen LogP contribution in [0.2, 0.25) is 10.0 Å². The third-order valence-electron chi connectivity index (χ3n) is 2.66. The summed E-state index contributed by atoms with van der Waals surface area (Å²) in [4.78, 5) is 11.4. The number of rotatable bonds is 4. The van der Waals surface area contributed by atoms with Crippen molar-refractivity contribution in [3.63, 3.8) is 0 Å². The highest BCUT2D eigenvalue weighted by Gasteiger charge is 2.13. The molecule has 0 aliphatic rings. The highest BCUT2D eigenvalue weighted by atomic mass is 35.5. The number of amides is 1. The van der Waals surface area contributed by atoms with Gasteiger partial charge in [-0.3, -0.25) is 10.2 Å². The predicted molar refractivity (Wildman–Crippen MR) is 78.8 cm³/mol. The van der Waals surface area contributed by atoms with Crippen LogP contribution < -0.4 is 16.0 Å². The Kier molecular flexibility index (Phi) is 5.01. The summed E-state index contributed by atoms with van der Waals surface area (Å²) in [5.74, 6) is 4.38. The highest BCUT2D eigenvalue weighted by molar-refractivity contribution is 6.37. The van der Waals surface area contributed by atoms with Crippen molar-refractivity contribution < 1.29 is 13.9 Å². The molecule has 0 atom stereocenters. The van der Waals surface area contributed by atoms with Crippen LogP contribution in [-0.2, 0) is 6.61 Å². The summed E-state index contributed by atoms with van der Waals surface area (Å²) in [7, 11) is 0. The summed E-state index contributed by atoms with van der Waals surface area (Å²) in [6.45, 7) is 0.0969. The second-order valence-corrected chi connectivity index (χ2v) is 4.98. The Bertz CT molecular complexity index is 657. The number of nitrogen functional groups attached to an aromatic ring is 1. The first-order valence-corrected chi connectivity index (χ1v) is 6.64. The van der Waals surface area contributed by atoms with Crippen LogP contribution in [0.1, 0.15) is 15.9 Å². The first-order chi connectivity index (χ1) is 10.0. The van der Waals surface area contributed by atoms with Gasteiger partial charge in [-0.2, -0.15) is 0 Å². The monoisotopic (exact) mass is 328 g/mol. The third kappa shape index (κ3) is 3.85. The second-order valence-electron chi connectivity index (χ2n) is 4.16. The normalized spacial score (nSPS) is 10.3. The largest absolute Gasteiger partial charge is 0.486 e. The van der Waals surface area contributed by atoms with Crippen molar-refractivity contribution in [1.82, 2.24) is 5.43 Å². The first kappa shape index (κ1) is 15.6. The zero-order valence-corrected chi connectivity index (χ0v) is 12.2. The fourth-order valence-electron chi connectivity index (χ4n) is 1.69. The van der Waals surface area contributed by atoms with Crippen molar-refractivity contribution in [2.45, 2.75) is 6.61 Å². The van der Waals surface area contributed by atoms with Gasteiger partial charge in [-0.25, -0.2) is 10.2 Å². The maximum absolute atomic E-state index is 13.1. The van der Waals surface area contributed by atoms with Gasteiger partial charge in [0.15, 0.2) is 5.75 Å². The molecule has 0 aliphatic heterocycles. The van der Waals surface area contributed by atoms with E-state index in [-0.39, 0.29) is 33.8 Å². The van der Waals surface area contributed by atoms with Crippen LogP contribution in [0.3, 0.4) is 0 Å². The molecule has 2 rings (SSSR count). The lowest BCUT2D eigenvalue weighted by Crippen LogP contribution is -2.29. The molecule has 0 saturated carbocycles. The second kappa shape index (κ2) is 6.76. The van der Waals surface area contributed by atoms with Crippen LogP contribution in [0.15, 0.2) is 36.4 Å². The van der Waals surface area contributed by atoms with E-state index in [2.05, 4.69) is 0 Å². The Hall–Kier alpha value is -1.82. The number of nitrogens with two attached hydrogens (primary N) is 1. The number of benzene rings is 2. The number of hydrogen-bond acceptors (Lipinski definition) is 3. The predicted octanol–water partition coefficient (Wildman–Crippen LogP) is 3.32. The van der Waals surface area contributed by atoms with Crippen molar-refractivity contribution >= 4 is 29.1 Å². The van der Waals surface area contributed by atoms with E-state index >= 15 is 0 Å². The average molecular weight is 329 g/mol. The number of carbonyl (C=O) groups is 1. The zero-order chi connectivity index (χ0) is 15.4. The zero-order valence-electron chi connectivity index (χ0n) is 10.7. The van der Waals surface area contributed by atoms with Gasteiger partial charge in [-0.1, -0.05) is 35.3 Å². The molecule has 0 bridgehead atoms. The number of halogens is 3. The van der Waals surface area contributed by atoms with Crippen LogP contribution in [0.5, 0.6) is 5.75 Å². The van der Waals surface area contributed by atoms with Gasteiger partial charge in [0.1, 0.15) is 12.4 Å². The van der Waals surface area contributed by atoms with E-state index in [1.165, 1.54) is 24.3 Å². The first-order valence-electron chi connectivity index (χ1n) is 5.88. The highest BCUT2D eigenvalue weighted by Crippen LogP contribution is 2.34. The molecule has 2 aromatic rings. The molecular formula is C14H11Cl2FN2O2. The Morgan fingerprint density at radius 2 is 1.90 bits per heavy atom. The Balaban J connectivity index is 2.19. The van der Waals surface area contributed by atoms with Gasteiger partial charge in [0, 0.05) is 5.56 Å². The van der Waals surface area contributed by atoms with Crippen LogP contribution >= 0.6 is 23.2 Å². The molecular weight excluding hydrogens is 318 g/mol. The molecule has 110 valence electrons. The summed E-state index contributed by atoms with van der Waals surface area (Å²) < 4.78 is 18.6. The van der Waals surface area contributed by atoms with E-state index in [1.807, 2.05) is 5.43 Å². The number of hydrazine groups is 1. The summed E-state index contributed by atoms with van der Waals surface area (Å²) in [5, 5.41) is 0.329. The lowest BCUT2D eigenvalue weighted by atomic mass is 10.2. The van der Waals surface area contributed by atoms with Crippen LogP contribution in [0.25, 0.3) is 0 Å². The molecule has 3 N–H and O–H groups in total. The molecule has 4 nitrogen and oxygen atoms in total. The standard InChI is InChI=1S/C14H11Cl2FN2O2/c15-11-5-9(14(20)19-18)6-12(16)13(11)21-7-8-2-1-3-10(17)4-8/h1-6H,7,18H2,(H,19,20). The Morgan fingerprint density at radius 3 is 2.48 bits per heavy atom. The van der Waals surface area contributed by atoms with E-state index in [9.17, 15) is 9.18 Å². The van der Waals surface area contributed by atoms with Gasteiger partial charge in [-0.15, -0.1) is 0 Å². The minimum Gasteiger partial charge on any atom is -0.486 e. The molecule has 0 aliphatic carbocycles. The number of hydrogen-bond donors (Lipinski definition) is 2. The maximum atomic E-state index is 13.1. The van der Waals surface area contributed by atoms with Gasteiger partial charge < -0.3 is 4.74 Å². The minimum atomic E-state index is -0.518. The summed E-state index contributed by atoms with van der Waals surface area (Å²) in [6.07, 6.45) is 0. The van der Waals surface area contributed by atoms with Crippen LogP contribution in [0, 0.1) is 5.82 Å². The van der Waals surface area contributed by atoms with E-state index in [0.717, 1.165) is 0 Å². The fourth-order valence-corrected chi connectivity index (χ4v) is 2.29. The minimum absolute atomic E-state index is 0.0969. The topological polar surface area (TPSA) is 64.3 Å². The number of carbonyl (C=O) groups excluding carboxylic acids is 1. The molecule has 2 aromatic carbocycles. The number of nitrogens with one attached hydrogen (secondary N) is 1. The Morgan fingerprint density at radius 1 is 1.24 bits per heavy atom. The van der Waals surface area contributed by atoms with Crippen molar-refractivity contribution in [3.8, 4) is 5.75 Å².